The molecule has 8 N–H and O–H groups in total. The summed E-state index contributed by atoms with van der Waals surface area (Å²) in [6, 6.07) is 11.4. The van der Waals surface area contributed by atoms with E-state index in [1.807, 2.05) is 0 Å². The summed E-state index contributed by atoms with van der Waals surface area (Å²) in [5.74, 6) is -1.93. The molecule has 0 radical (unpaired) electrons. The van der Waals surface area contributed by atoms with Crippen LogP contribution < -0.4 is 16.0 Å². The Kier molecular flexibility index (Phi) is 13.9. The van der Waals surface area contributed by atoms with Gasteiger partial charge in [0, 0.05) is 11.0 Å². The third kappa shape index (κ3) is 12.2. The van der Waals surface area contributed by atoms with Gasteiger partial charge in [-0.3, -0.25) is 13.7 Å². The van der Waals surface area contributed by atoms with Crippen molar-refractivity contribution in [1.82, 2.24) is 0 Å². The average Bonchev–Trinajstić information content (AvgIpc) is 3.10. The average molecular weight is 879 g/mol. The molecule has 0 aliphatic rings. The van der Waals surface area contributed by atoms with E-state index in [9.17, 15) is 47.6 Å². The Morgan fingerprint density at radius 3 is 2.05 bits per heavy atom. The fourth-order valence-corrected chi connectivity index (χ4v) is 7.56. The molecule has 4 rings (SSSR count). The number of nitrogens with two attached hydrogens (primary N) is 2. The molecular formula is C28H28N7O16S5+. The van der Waals surface area contributed by atoms with Crippen LogP contribution in [-0.4, -0.2) is 77.4 Å². The molecule has 3 aromatic carbocycles. The molecule has 0 fully saturated rings. The van der Waals surface area contributed by atoms with E-state index in [-0.39, 0.29) is 34.2 Å². The third-order valence-corrected chi connectivity index (χ3v) is 11.4. The quantitative estimate of drug-likeness (QED) is 0.0122. The van der Waals surface area contributed by atoms with Crippen LogP contribution in [0.1, 0.15) is 10.4 Å². The van der Waals surface area contributed by atoms with Gasteiger partial charge >= 0.3 is 16.4 Å². The lowest BCUT2D eigenvalue weighted by atomic mass is 10.2. The van der Waals surface area contributed by atoms with Gasteiger partial charge in [0.05, 0.1) is 46.4 Å². The molecule has 1 heterocycles. The van der Waals surface area contributed by atoms with Gasteiger partial charge in [-0.25, -0.2) is 26.9 Å². The molecule has 0 aliphatic carbocycles. The van der Waals surface area contributed by atoms with Crippen molar-refractivity contribution in [3.63, 3.8) is 0 Å². The number of carbonyl (C=O) groups is 1. The number of pyridine rings is 1. The standard InChI is InChI=1S/C28H27N7O16S5/c29-25-22(33-32-21-8-5-19(14-23(21)54(40,41)42)52-51-49-11-10-35-9-1-2-17(16-35)28(36)37)15-24(55(43,44)45)26(30)27(25)34-31-18-3-6-20(7-4-18)53(38,39)13-12-50-56(46,47)48/h1-9,14-16H,10-13H2,(H7-,29,30,31,32,36,37,40,41,42,43,44,45,46,47,48)/p+1. The zero-order valence-electron chi connectivity index (χ0n) is 27.9. The number of hydrogen-bond acceptors (Lipinski definition) is 19. The second-order valence-electron chi connectivity index (χ2n) is 10.7. The van der Waals surface area contributed by atoms with E-state index in [4.69, 9.17) is 30.3 Å². The van der Waals surface area contributed by atoms with E-state index in [1.165, 1.54) is 29.0 Å². The van der Waals surface area contributed by atoms with Crippen LogP contribution >= 0.6 is 12.0 Å². The minimum atomic E-state index is -5.07. The second kappa shape index (κ2) is 17.8. The molecule has 0 unspecified atom stereocenters. The number of azo groups is 2. The Morgan fingerprint density at radius 2 is 1.43 bits per heavy atom. The predicted octanol–water partition coefficient (Wildman–Crippen LogP) is 3.41. The Labute approximate surface area is 322 Å². The zero-order chi connectivity index (χ0) is 41.5. The van der Waals surface area contributed by atoms with Crippen molar-refractivity contribution < 1.29 is 75.2 Å². The second-order valence-corrected chi connectivity index (χ2v) is 17.5. The number of nitrogen functional groups attached to an aromatic ring is 2. The number of aromatic nitrogens is 1. The first kappa shape index (κ1) is 43.7. The normalized spacial score (nSPS) is 12.8. The van der Waals surface area contributed by atoms with Gasteiger partial charge in [0.2, 0.25) is 0 Å². The van der Waals surface area contributed by atoms with Gasteiger partial charge in [0.1, 0.15) is 39.0 Å². The van der Waals surface area contributed by atoms with Crippen LogP contribution in [0.25, 0.3) is 0 Å². The summed E-state index contributed by atoms with van der Waals surface area (Å²) >= 11 is 0.549. The Bertz CT molecular complexity index is 2640. The van der Waals surface area contributed by atoms with E-state index < -0.39 is 97.0 Å². The summed E-state index contributed by atoms with van der Waals surface area (Å²) in [4.78, 5) is 14.2. The van der Waals surface area contributed by atoms with Crippen molar-refractivity contribution in [3.05, 3.63) is 78.6 Å². The summed E-state index contributed by atoms with van der Waals surface area (Å²) in [5.41, 5.74) is 9.34. The monoisotopic (exact) mass is 878 g/mol. The maximum absolute atomic E-state index is 12.4. The lowest BCUT2D eigenvalue weighted by molar-refractivity contribution is -0.700. The number of hydrogen-bond donors (Lipinski definition) is 6. The summed E-state index contributed by atoms with van der Waals surface area (Å²) in [6.07, 6.45) is 2.97. The molecule has 4 aromatic rings. The Balaban J connectivity index is 1.55. The molecule has 0 aliphatic heterocycles. The fourth-order valence-electron chi connectivity index (χ4n) is 4.23. The molecule has 56 heavy (non-hydrogen) atoms. The number of nitrogens with zero attached hydrogens (tertiary/aromatic N) is 5. The number of carboxylic acid groups (broad SMARTS) is 1. The molecule has 0 saturated carbocycles. The van der Waals surface area contributed by atoms with Crippen LogP contribution in [0.4, 0.5) is 34.1 Å². The highest BCUT2D eigenvalue weighted by atomic mass is 32.3. The molecule has 0 saturated heterocycles. The van der Waals surface area contributed by atoms with Crippen molar-refractivity contribution in [3.8, 4) is 0 Å². The first-order valence-corrected chi connectivity index (χ1v) is 21.5. The smallest absolute Gasteiger partial charge is 0.397 e. The van der Waals surface area contributed by atoms with Crippen molar-refractivity contribution in [2.45, 2.75) is 26.1 Å². The maximum Gasteiger partial charge on any atom is 0.397 e. The van der Waals surface area contributed by atoms with Crippen molar-refractivity contribution in [2.75, 3.05) is 30.4 Å². The number of aromatic carboxylic acids is 1. The van der Waals surface area contributed by atoms with Crippen molar-refractivity contribution in [1.29, 1.82) is 0 Å². The van der Waals surface area contributed by atoms with Gasteiger partial charge in [0.25, 0.3) is 20.2 Å². The third-order valence-electron chi connectivity index (χ3n) is 6.83. The van der Waals surface area contributed by atoms with E-state index in [2.05, 4.69) is 24.6 Å². The highest BCUT2D eigenvalue weighted by molar-refractivity contribution is 7.94. The highest BCUT2D eigenvalue weighted by Crippen LogP contribution is 2.43. The van der Waals surface area contributed by atoms with Crippen LogP contribution in [-0.2, 0) is 60.4 Å². The van der Waals surface area contributed by atoms with Gasteiger partial charge in [-0.2, -0.15) is 34.7 Å². The van der Waals surface area contributed by atoms with Gasteiger partial charge in [-0.15, -0.1) is 15.3 Å². The molecule has 0 spiro atoms. The number of rotatable bonds is 18. The minimum absolute atomic E-state index is 0.0353. The number of carboxylic acids is 1. The van der Waals surface area contributed by atoms with Crippen LogP contribution in [0, 0.1) is 0 Å². The molecule has 0 bridgehead atoms. The van der Waals surface area contributed by atoms with Crippen molar-refractivity contribution >= 4 is 92.6 Å². The van der Waals surface area contributed by atoms with Crippen LogP contribution in [0.5, 0.6) is 0 Å². The summed E-state index contributed by atoms with van der Waals surface area (Å²) in [6.45, 7) is -0.728. The summed E-state index contributed by atoms with van der Waals surface area (Å²) in [7, 11) is -19.0. The van der Waals surface area contributed by atoms with Crippen LogP contribution in [0.3, 0.4) is 0 Å². The summed E-state index contributed by atoms with van der Waals surface area (Å²) < 4.78 is 134. The number of anilines is 2. The van der Waals surface area contributed by atoms with Crippen molar-refractivity contribution in [2.24, 2.45) is 20.5 Å². The number of sulfone groups is 1. The van der Waals surface area contributed by atoms with Crippen LogP contribution in [0.2, 0.25) is 0 Å². The Morgan fingerprint density at radius 1 is 0.768 bits per heavy atom. The number of benzene rings is 3. The SMILES string of the molecule is Nc1c(N=Nc2ccc(SOOCC[n+]3cccc(C(=O)O)c3)cc2S(=O)(=O)O)cc(S(=O)(=O)O)c(N)c1N=Nc1ccc(S(=O)(=O)CCOS(=O)(=O)O)cc1. The topological polar surface area (TPSA) is 368 Å². The highest BCUT2D eigenvalue weighted by Gasteiger charge is 2.24. The summed E-state index contributed by atoms with van der Waals surface area (Å²) in [5, 5.41) is 24.3. The lowest BCUT2D eigenvalue weighted by Gasteiger charge is -2.11. The lowest BCUT2D eigenvalue weighted by Crippen LogP contribution is -2.36. The molecular weight excluding hydrogens is 851 g/mol. The fraction of sp³-hybridized carbons (Fsp3) is 0.143. The van der Waals surface area contributed by atoms with Gasteiger partial charge in [-0.1, -0.05) is 0 Å². The van der Waals surface area contributed by atoms with Crippen LogP contribution in [0.15, 0.2) is 113 Å². The maximum atomic E-state index is 12.4. The van der Waals surface area contributed by atoms with E-state index in [0.717, 1.165) is 36.4 Å². The minimum Gasteiger partial charge on any atom is -0.477 e. The van der Waals surface area contributed by atoms with E-state index in [1.54, 1.807) is 6.20 Å². The van der Waals surface area contributed by atoms with Gasteiger partial charge in [-0.05, 0) is 54.6 Å². The first-order chi connectivity index (χ1) is 26.0. The molecule has 300 valence electrons. The molecule has 0 atom stereocenters. The molecule has 1 aromatic heterocycles. The predicted molar refractivity (Wildman–Crippen MR) is 192 cm³/mol. The molecule has 23 nitrogen and oxygen atoms in total. The molecule has 28 heteroatoms. The zero-order valence-corrected chi connectivity index (χ0v) is 32.0. The molecule has 0 amide bonds. The van der Waals surface area contributed by atoms with E-state index >= 15 is 0 Å². The van der Waals surface area contributed by atoms with Gasteiger partial charge < -0.3 is 16.6 Å². The Hall–Kier alpha value is -5.01. The first-order valence-electron chi connectivity index (χ1n) is 14.8. The largest absolute Gasteiger partial charge is 0.477 e. The van der Waals surface area contributed by atoms with E-state index in [0.29, 0.717) is 18.1 Å². The van der Waals surface area contributed by atoms with Gasteiger partial charge in [0.15, 0.2) is 28.8 Å².